The zero-order valence-electron chi connectivity index (χ0n) is 13.8. The van der Waals surface area contributed by atoms with Gasteiger partial charge in [0.2, 0.25) is 10.0 Å². The number of alkyl halides is 3. The molecule has 0 radical (unpaired) electrons. The van der Waals surface area contributed by atoms with E-state index in [1.807, 2.05) is 6.92 Å². The molecule has 0 aliphatic rings. The summed E-state index contributed by atoms with van der Waals surface area (Å²) in [6, 6.07) is 9.53. The van der Waals surface area contributed by atoms with Gasteiger partial charge < -0.3 is 4.74 Å². The van der Waals surface area contributed by atoms with Gasteiger partial charge in [0, 0.05) is 13.2 Å². The number of benzene rings is 2. The first-order valence-electron chi connectivity index (χ1n) is 7.66. The van der Waals surface area contributed by atoms with E-state index in [2.05, 4.69) is 4.72 Å². The molecule has 2 aromatic rings. The minimum absolute atomic E-state index is 0.0739. The van der Waals surface area contributed by atoms with E-state index < -0.39 is 31.7 Å². The summed E-state index contributed by atoms with van der Waals surface area (Å²) in [5.41, 5.74) is 0.275. The van der Waals surface area contributed by atoms with Gasteiger partial charge in [0.15, 0.2) is 0 Å². The minimum atomic E-state index is -4.74. The van der Waals surface area contributed by atoms with E-state index in [-0.39, 0.29) is 6.54 Å². The molecule has 0 atom stereocenters. The van der Waals surface area contributed by atoms with Crippen LogP contribution in [-0.4, -0.2) is 15.0 Å². The van der Waals surface area contributed by atoms with E-state index in [1.54, 1.807) is 24.3 Å². The monoisotopic (exact) mass is 407 g/mol. The van der Waals surface area contributed by atoms with Crippen molar-refractivity contribution < 1.29 is 26.3 Å². The van der Waals surface area contributed by atoms with Crippen molar-refractivity contribution in [2.45, 2.75) is 31.1 Å². The Morgan fingerprint density at radius 1 is 1.12 bits per heavy atom. The van der Waals surface area contributed by atoms with Crippen LogP contribution in [0.4, 0.5) is 13.2 Å². The fraction of sp³-hybridized carbons (Fsp3) is 0.294. The first-order chi connectivity index (χ1) is 12.1. The SMILES string of the molecule is CCOCc1ccccc1CNS(=O)(=O)c1ccc(Cl)c(C(F)(F)F)c1. The number of nitrogens with one attached hydrogen (secondary N) is 1. The molecule has 0 saturated carbocycles. The average Bonchev–Trinajstić information content (AvgIpc) is 2.58. The maximum absolute atomic E-state index is 12.9. The molecular formula is C17H17ClF3NO3S. The van der Waals surface area contributed by atoms with Gasteiger partial charge in [-0.05, 0) is 36.2 Å². The molecule has 0 bridgehead atoms. The summed E-state index contributed by atoms with van der Waals surface area (Å²) >= 11 is 5.52. The standard InChI is InChI=1S/C17H17ClF3NO3S/c1-2-25-11-13-6-4-3-5-12(13)10-22-26(23,24)14-7-8-16(18)15(9-14)17(19,20)21/h3-9,22H,2,10-11H2,1H3. The lowest BCUT2D eigenvalue weighted by molar-refractivity contribution is -0.137. The van der Waals surface area contributed by atoms with Crippen LogP contribution in [0.3, 0.4) is 0 Å². The summed E-state index contributed by atoms with van der Waals surface area (Å²) in [4.78, 5) is -0.503. The Morgan fingerprint density at radius 2 is 1.77 bits per heavy atom. The zero-order valence-corrected chi connectivity index (χ0v) is 15.4. The molecule has 26 heavy (non-hydrogen) atoms. The lowest BCUT2D eigenvalue weighted by Gasteiger charge is -2.13. The van der Waals surface area contributed by atoms with Crippen LogP contribution < -0.4 is 4.72 Å². The zero-order chi connectivity index (χ0) is 19.4. The summed E-state index contributed by atoms with van der Waals surface area (Å²) in [7, 11) is -4.14. The van der Waals surface area contributed by atoms with Gasteiger partial charge in [0.1, 0.15) is 0 Å². The lowest BCUT2D eigenvalue weighted by atomic mass is 10.1. The number of sulfonamides is 1. The molecule has 0 aromatic heterocycles. The second-order valence-electron chi connectivity index (χ2n) is 5.37. The van der Waals surface area contributed by atoms with E-state index in [0.717, 1.165) is 17.7 Å². The van der Waals surface area contributed by atoms with Gasteiger partial charge in [0.25, 0.3) is 0 Å². The molecule has 0 fully saturated rings. The molecule has 2 aromatic carbocycles. The van der Waals surface area contributed by atoms with Gasteiger partial charge in [0.05, 0.1) is 22.1 Å². The fourth-order valence-electron chi connectivity index (χ4n) is 2.23. The molecule has 0 saturated heterocycles. The van der Waals surface area contributed by atoms with E-state index >= 15 is 0 Å². The summed E-state index contributed by atoms with van der Waals surface area (Å²) < 4.78 is 71.2. The second kappa shape index (κ2) is 8.39. The number of halogens is 4. The average molecular weight is 408 g/mol. The fourth-order valence-corrected chi connectivity index (χ4v) is 3.48. The molecule has 2 rings (SSSR count). The molecule has 0 unspecified atom stereocenters. The predicted octanol–water partition coefficient (Wildman–Crippen LogP) is 4.37. The van der Waals surface area contributed by atoms with Crippen LogP contribution in [0.25, 0.3) is 0 Å². The summed E-state index contributed by atoms with van der Waals surface area (Å²) in [6.07, 6.45) is -4.74. The highest BCUT2D eigenvalue weighted by atomic mass is 35.5. The van der Waals surface area contributed by atoms with Crippen molar-refractivity contribution >= 4 is 21.6 Å². The van der Waals surface area contributed by atoms with Crippen LogP contribution in [0.5, 0.6) is 0 Å². The third-order valence-electron chi connectivity index (χ3n) is 3.59. The van der Waals surface area contributed by atoms with Crippen molar-refractivity contribution in [2.24, 2.45) is 0 Å². The summed E-state index contributed by atoms with van der Waals surface area (Å²) in [5, 5.41) is -0.557. The van der Waals surface area contributed by atoms with Crippen LogP contribution in [0.15, 0.2) is 47.4 Å². The van der Waals surface area contributed by atoms with Gasteiger partial charge in [-0.25, -0.2) is 13.1 Å². The highest BCUT2D eigenvalue weighted by molar-refractivity contribution is 7.89. The Kier molecular flexibility index (Phi) is 6.68. The van der Waals surface area contributed by atoms with Crippen LogP contribution in [-0.2, 0) is 34.1 Å². The molecule has 0 spiro atoms. The van der Waals surface area contributed by atoms with E-state index in [0.29, 0.717) is 24.8 Å². The molecule has 142 valence electrons. The van der Waals surface area contributed by atoms with Crippen molar-refractivity contribution in [1.29, 1.82) is 0 Å². The van der Waals surface area contributed by atoms with Crippen LogP contribution in [0.2, 0.25) is 5.02 Å². The highest BCUT2D eigenvalue weighted by Crippen LogP contribution is 2.35. The van der Waals surface area contributed by atoms with Crippen LogP contribution in [0.1, 0.15) is 23.6 Å². The first kappa shape index (κ1) is 20.7. The molecular weight excluding hydrogens is 391 g/mol. The minimum Gasteiger partial charge on any atom is -0.377 e. The van der Waals surface area contributed by atoms with Gasteiger partial charge in [-0.3, -0.25) is 0 Å². The molecule has 0 heterocycles. The van der Waals surface area contributed by atoms with E-state index in [4.69, 9.17) is 16.3 Å². The van der Waals surface area contributed by atoms with Crippen molar-refractivity contribution in [3.63, 3.8) is 0 Å². The van der Waals surface area contributed by atoms with Crippen molar-refractivity contribution in [2.75, 3.05) is 6.61 Å². The molecule has 0 aliphatic carbocycles. The van der Waals surface area contributed by atoms with Crippen molar-refractivity contribution in [3.8, 4) is 0 Å². The summed E-state index contributed by atoms with van der Waals surface area (Å²) in [5.74, 6) is 0. The quantitative estimate of drug-likeness (QED) is 0.741. The maximum Gasteiger partial charge on any atom is 0.417 e. The molecule has 9 heteroatoms. The number of hydrogen-bond acceptors (Lipinski definition) is 3. The molecule has 1 N–H and O–H groups in total. The van der Waals surface area contributed by atoms with Crippen LogP contribution in [0, 0.1) is 0 Å². The highest BCUT2D eigenvalue weighted by Gasteiger charge is 2.34. The van der Waals surface area contributed by atoms with E-state index in [9.17, 15) is 21.6 Å². The lowest BCUT2D eigenvalue weighted by Crippen LogP contribution is -2.24. The largest absolute Gasteiger partial charge is 0.417 e. The number of ether oxygens (including phenoxy) is 1. The normalized spacial score (nSPS) is 12.3. The van der Waals surface area contributed by atoms with Crippen molar-refractivity contribution in [1.82, 2.24) is 4.72 Å². The van der Waals surface area contributed by atoms with Gasteiger partial charge in [-0.1, -0.05) is 35.9 Å². The third kappa shape index (κ3) is 5.20. The first-order valence-corrected chi connectivity index (χ1v) is 9.52. The number of hydrogen-bond donors (Lipinski definition) is 1. The number of rotatable bonds is 7. The van der Waals surface area contributed by atoms with Crippen molar-refractivity contribution in [3.05, 3.63) is 64.2 Å². The molecule has 4 nitrogen and oxygen atoms in total. The third-order valence-corrected chi connectivity index (χ3v) is 5.31. The smallest absolute Gasteiger partial charge is 0.377 e. The van der Waals surface area contributed by atoms with Gasteiger partial charge >= 0.3 is 6.18 Å². The van der Waals surface area contributed by atoms with Crippen LogP contribution >= 0.6 is 11.6 Å². The Bertz CT molecular complexity index is 870. The summed E-state index contributed by atoms with van der Waals surface area (Å²) in [6.45, 7) is 2.58. The second-order valence-corrected chi connectivity index (χ2v) is 7.54. The van der Waals surface area contributed by atoms with Gasteiger partial charge in [-0.15, -0.1) is 0 Å². The maximum atomic E-state index is 12.9. The van der Waals surface area contributed by atoms with E-state index in [1.165, 1.54) is 0 Å². The Hall–Kier alpha value is -1.61. The Labute approximate surface area is 155 Å². The topological polar surface area (TPSA) is 55.4 Å². The molecule has 0 amide bonds. The predicted molar refractivity (Wildman–Crippen MR) is 92.3 cm³/mol. The molecule has 0 aliphatic heterocycles. The Morgan fingerprint density at radius 3 is 2.38 bits per heavy atom. The Balaban J connectivity index is 2.23. The van der Waals surface area contributed by atoms with Gasteiger partial charge in [-0.2, -0.15) is 13.2 Å².